The second-order valence-electron chi connectivity index (χ2n) is 10.2. The minimum absolute atomic E-state index is 0.203. The zero-order valence-electron chi connectivity index (χ0n) is 21.1. The van der Waals surface area contributed by atoms with E-state index in [1.807, 2.05) is 0 Å². The molecule has 1 atom stereocenters. The van der Waals surface area contributed by atoms with Crippen LogP contribution in [0.1, 0.15) is 118 Å². The molecule has 5 heteroatoms. The van der Waals surface area contributed by atoms with Crippen LogP contribution in [0.25, 0.3) is 0 Å². The van der Waals surface area contributed by atoms with Crippen LogP contribution in [-0.2, 0) is 23.8 Å². The van der Waals surface area contributed by atoms with Gasteiger partial charge in [0, 0.05) is 0 Å². The van der Waals surface area contributed by atoms with E-state index in [1.165, 1.54) is 64.2 Å². The Bertz CT molecular complexity index is 442. The van der Waals surface area contributed by atoms with Crippen LogP contribution in [0.4, 0.5) is 0 Å². The molecule has 0 spiro atoms. The highest BCUT2D eigenvalue weighted by Crippen LogP contribution is 2.24. The Labute approximate surface area is 192 Å². The Morgan fingerprint density at radius 1 is 0.710 bits per heavy atom. The third-order valence-electron chi connectivity index (χ3n) is 5.19. The van der Waals surface area contributed by atoms with Gasteiger partial charge in [-0.3, -0.25) is 0 Å². The third kappa shape index (κ3) is 23.4. The van der Waals surface area contributed by atoms with Crippen molar-refractivity contribution < 1.29 is 23.8 Å². The topological polar surface area (TPSA) is 61.8 Å². The minimum atomic E-state index is -0.436. The van der Waals surface area contributed by atoms with Crippen LogP contribution < -0.4 is 0 Å². The molecule has 0 rings (SSSR count). The summed E-state index contributed by atoms with van der Waals surface area (Å²) in [4.78, 5) is 23.3. The first-order valence-corrected chi connectivity index (χ1v) is 12.6. The van der Waals surface area contributed by atoms with Gasteiger partial charge in [0.1, 0.15) is 13.2 Å². The van der Waals surface area contributed by atoms with Gasteiger partial charge in [0.2, 0.25) is 0 Å². The van der Waals surface area contributed by atoms with Gasteiger partial charge < -0.3 is 14.2 Å². The van der Waals surface area contributed by atoms with Gasteiger partial charge in [-0.25, -0.2) is 9.59 Å². The molecule has 0 aromatic rings. The first-order chi connectivity index (χ1) is 14.7. The van der Waals surface area contributed by atoms with E-state index in [4.69, 9.17) is 14.2 Å². The van der Waals surface area contributed by atoms with Gasteiger partial charge in [0.15, 0.2) is 0 Å². The molecule has 184 valence electrons. The number of ether oxygens (including phenoxy) is 3. The summed E-state index contributed by atoms with van der Waals surface area (Å²) < 4.78 is 15.5. The van der Waals surface area contributed by atoms with E-state index >= 15 is 0 Å². The lowest BCUT2D eigenvalue weighted by Crippen LogP contribution is -2.22. The van der Waals surface area contributed by atoms with Crippen molar-refractivity contribution in [2.75, 3.05) is 26.4 Å². The van der Waals surface area contributed by atoms with Gasteiger partial charge >= 0.3 is 11.9 Å². The van der Waals surface area contributed by atoms with Crippen molar-refractivity contribution in [3.63, 3.8) is 0 Å². The van der Waals surface area contributed by atoms with E-state index in [-0.39, 0.29) is 18.6 Å². The predicted molar refractivity (Wildman–Crippen MR) is 127 cm³/mol. The Kier molecular flexibility index (Phi) is 18.9. The van der Waals surface area contributed by atoms with Crippen LogP contribution >= 0.6 is 0 Å². The first kappa shape index (κ1) is 29.9. The molecule has 0 N–H and O–H groups in total. The SMILES string of the molecule is CCCCCCCCCCCCCCOC(=O)COCC(=O)OCC(C)CC(C)(C)C. The number of unbranched alkanes of at least 4 members (excludes halogenated alkanes) is 11. The highest BCUT2D eigenvalue weighted by Gasteiger charge is 2.17. The molecule has 0 aliphatic carbocycles. The van der Waals surface area contributed by atoms with Gasteiger partial charge in [-0.1, -0.05) is 105 Å². The summed E-state index contributed by atoms with van der Waals surface area (Å²) in [7, 11) is 0. The quantitative estimate of drug-likeness (QED) is 0.152. The fourth-order valence-corrected chi connectivity index (χ4v) is 3.77. The average molecular weight is 443 g/mol. The van der Waals surface area contributed by atoms with E-state index in [0.717, 1.165) is 19.3 Å². The Hall–Kier alpha value is -1.10. The lowest BCUT2D eigenvalue weighted by atomic mass is 9.86. The zero-order valence-corrected chi connectivity index (χ0v) is 21.1. The van der Waals surface area contributed by atoms with Crippen LogP contribution in [0, 0.1) is 11.3 Å². The van der Waals surface area contributed by atoms with Gasteiger partial charge in [0.05, 0.1) is 13.2 Å². The largest absolute Gasteiger partial charge is 0.464 e. The smallest absolute Gasteiger partial charge is 0.332 e. The molecule has 0 aliphatic rings. The summed E-state index contributed by atoms with van der Waals surface area (Å²) in [5.74, 6) is -0.559. The van der Waals surface area contributed by atoms with Crippen molar-refractivity contribution in [1.82, 2.24) is 0 Å². The molecule has 0 amide bonds. The summed E-state index contributed by atoms with van der Waals surface area (Å²) in [5, 5.41) is 0. The van der Waals surface area contributed by atoms with E-state index in [0.29, 0.717) is 19.1 Å². The van der Waals surface area contributed by atoms with Crippen LogP contribution in [0.3, 0.4) is 0 Å². The summed E-state index contributed by atoms with van der Waals surface area (Å²) >= 11 is 0. The summed E-state index contributed by atoms with van der Waals surface area (Å²) in [5.41, 5.74) is 0.208. The maximum atomic E-state index is 11.7. The van der Waals surface area contributed by atoms with Crippen molar-refractivity contribution in [2.45, 2.75) is 118 Å². The number of rotatable bonds is 20. The fourth-order valence-electron chi connectivity index (χ4n) is 3.77. The van der Waals surface area contributed by atoms with Gasteiger partial charge in [-0.2, -0.15) is 0 Å². The monoisotopic (exact) mass is 442 g/mol. The second-order valence-corrected chi connectivity index (χ2v) is 10.2. The van der Waals surface area contributed by atoms with Gasteiger partial charge in [0.25, 0.3) is 0 Å². The van der Waals surface area contributed by atoms with E-state index in [9.17, 15) is 9.59 Å². The van der Waals surface area contributed by atoms with Crippen LogP contribution in [0.2, 0.25) is 0 Å². The number of carbonyl (C=O) groups is 2. The molecule has 0 saturated carbocycles. The maximum absolute atomic E-state index is 11.7. The van der Waals surface area contributed by atoms with E-state index in [1.54, 1.807) is 0 Å². The standard InChI is InChI=1S/C26H50O5/c1-6-7-8-9-10-11-12-13-14-15-16-17-18-30-24(27)21-29-22-25(28)31-20-23(2)19-26(3,4)5/h23H,6-22H2,1-5H3. The van der Waals surface area contributed by atoms with Crippen molar-refractivity contribution in [2.24, 2.45) is 11.3 Å². The van der Waals surface area contributed by atoms with E-state index < -0.39 is 11.9 Å². The molecule has 5 nitrogen and oxygen atoms in total. The van der Waals surface area contributed by atoms with Gasteiger partial charge in [-0.05, 0) is 24.2 Å². The lowest BCUT2D eigenvalue weighted by molar-refractivity contribution is -0.156. The van der Waals surface area contributed by atoms with Crippen molar-refractivity contribution in [3.8, 4) is 0 Å². The maximum Gasteiger partial charge on any atom is 0.332 e. The minimum Gasteiger partial charge on any atom is -0.464 e. The number of hydrogen-bond acceptors (Lipinski definition) is 5. The molecule has 0 fully saturated rings. The zero-order chi connectivity index (χ0) is 23.4. The van der Waals surface area contributed by atoms with Gasteiger partial charge in [-0.15, -0.1) is 0 Å². The number of esters is 2. The predicted octanol–water partition coefficient (Wildman–Crippen LogP) is 6.86. The Morgan fingerprint density at radius 2 is 1.16 bits per heavy atom. The molecule has 1 unspecified atom stereocenters. The Balaban J connectivity index is 3.42. The highest BCUT2D eigenvalue weighted by molar-refractivity contribution is 5.73. The van der Waals surface area contributed by atoms with Crippen LogP contribution in [0.15, 0.2) is 0 Å². The molecular formula is C26H50O5. The second kappa shape index (κ2) is 19.6. The third-order valence-corrected chi connectivity index (χ3v) is 5.19. The summed E-state index contributed by atoms with van der Waals surface area (Å²) in [6, 6.07) is 0. The molecule has 0 aromatic carbocycles. The summed E-state index contributed by atoms with van der Waals surface area (Å²) in [6.45, 7) is 11.2. The molecule has 0 aliphatic heterocycles. The van der Waals surface area contributed by atoms with E-state index in [2.05, 4.69) is 34.6 Å². The molecule has 31 heavy (non-hydrogen) atoms. The molecule has 0 aromatic heterocycles. The molecule has 0 bridgehead atoms. The normalized spacial score (nSPS) is 12.5. The molecular weight excluding hydrogens is 392 g/mol. The summed E-state index contributed by atoms with van der Waals surface area (Å²) in [6.07, 6.45) is 16.3. The molecule has 0 heterocycles. The number of hydrogen-bond donors (Lipinski definition) is 0. The molecule has 0 radical (unpaired) electrons. The molecule has 0 saturated heterocycles. The van der Waals surface area contributed by atoms with Crippen molar-refractivity contribution in [1.29, 1.82) is 0 Å². The highest BCUT2D eigenvalue weighted by atomic mass is 16.6. The Morgan fingerprint density at radius 3 is 1.65 bits per heavy atom. The first-order valence-electron chi connectivity index (χ1n) is 12.6. The van der Waals surface area contributed by atoms with Crippen molar-refractivity contribution >= 4 is 11.9 Å². The van der Waals surface area contributed by atoms with Crippen molar-refractivity contribution in [3.05, 3.63) is 0 Å². The number of carbonyl (C=O) groups excluding carboxylic acids is 2. The van der Waals surface area contributed by atoms with Crippen LogP contribution in [-0.4, -0.2) is 38.4 Å². The fraction of sp³-hybridized carbons (Fsp3) is 0.923. The average Bonchev–Trinajstić information content (AvgIpc) is 2.68. The lowest BCUT2D eigenvalue weighted by Gasteiger charge is -2.22. The van der Waals surface area contributed by atoms with Crippen LogP contribution in [0.5, 0.6) is 0 Å².